The van der Waals surface area contributed by atoms with Crippen molar-refractivity contribution >= 4 is 23.3 Å². The first kappa shape index (κ1) is 14.5. The van der Waals surface area contributed by atoms with Crippen LogP contribution in [-0.4, -0.2) is 10.9 Å². The molecule has 0 aliphatic rings. The number of carbonyl (C=O) groups is 1. The van der Waals surface area contributed by atoms with E-state index >= 15 is 0 Å². The van der Waals surface area contributed by atoms with Gasteiger partial charge in [0.05, 0.1) is 5.02 Å². The summed E-state index contributed by atoms with van der Waals surface area (Å²) in [5.41, 5.74) is 1.88. The van der Waals surface area contributed by atoms with Crippen LogP contribution in [0.1, 0.15) is 35.7 Å². The molecule has 1 aromatic carbocycles. The van der Waals surface area contributed by atoms with Crippen LogP contribution < -0.4 is 5.32 Å². The lowest BCUT2D eigenvalue weighted by molar-refractivity contribution is 0.102. The molecule has 104 valence electrons. The second-order valence-corrected chi connectivity index (χ2v) is 5.05. The maximum atomic E-state index is 12.0. The molecule has 0 unspecified atom stereocenters. The third-order valence-electron chi connectivity index (χ3n) is 3.00. The number of amides is 1. The lowest BCUT2D eigenvalue weighted by Crippen LogP contribution is -2.12. The summed E-state index contributed by atoms with van der Waals surface area (Å²) in [5, 5.41) is 3.28. The van der Waals surface area contributed by atoms with E-state index in [1.807, 2.05) is 24.3 Å². The second-order valence-electron chi connectivity index (χ2n) is 4.62. The van der Waals surface area contributed by atoms with Crippen molar-refractivity contribution in [1.29, 1.82) is 0 Å². The van der Waals surface area contributed by atoms with Crippen molar-refractivity contribution < 1.29 is 4.79 Å². The molecule has 20 heavy (non-hydrogen) atoms. The Kier molecular flexibility index (Phi) is 5.13. The Morgan fingerprint density at radius 2 is 1.95 bits per heavy atom. The molecule has 1 aromatic heterocycles. The van der Waals surface area contributed by atoms with E-state index in [-0.39, 0.29) is 5.91 Å². The van der Waals surface area contributed by atoms with Crippen LogP contribution in [0.2, 0.25) is 5.02 Å². The Hall–Kier alpha value is -1.87. The Balaban J connectivity index is 2.00. The van der Waals surface area contributed by atoms with Gasteiger partial charge in [0, 0.05) is 11.8 Å². The molecule has 0 aliphatic carbocycles. The minimum Gasteiger partial charge on any atom is -0.307 e. The number of hydrogen-bond acceptors (Lipinski definition) is 2. The minimum atomic E-state index is -0.165. The number of pyridine rings is 1. The smallest absolute Gasteiger partial charge is 0.256 e. The van der Waals surface area contributed by atoms with E-state index in [1.165, 1.54) is 24.6 Å². The number of benzene rings is 1. The largest absolute Gasteiger partial charge is 0.307 e. The van der Waals surface area contributed by atoms with Gasteiger partial charge in [0.15, 0.2) is 0 Å². The van der Waals surface area contributed by atoms with Crippen molar-refractivity contribution in [1.82, 2.24) is 4.98 Å². The number of carbonyl (C=O) groups excluding carboxylic acids is 1. The van der Waals surface area contributed by atoms with Crippen LogP contribution in [0, 0.1) is 0 Å². The fourth-order valence-electron chi connectivity index (χ4n) is 1.84. The summed E-state index contributed by atoms with van der Waals surface area (Å²) in [4.78, 5) is 16.1. The third-order valence-corrected chi connectivity index (χ3v) is 3.23. The molecule has 1 heterocycles. The number of anilines is 1. The molecule has 0 fully saturated rings. The van der Waals surface area contributed by atoms with E-state index in [9.17, 15) is 4.79 Å². The first-order chi connectivity index (χ1) is 9.69. The average Bonchev–Trinajstić information content (AvgIpc) is 2.48. The van der Waals surface area contributed by atoms with Crippen molar-refractivity contribution in [3.05, 3.63) is 58.7 Å². The fourth-order valence-corrected chi connectivity index (χ4v) is 1.95. The molecule has 2 rings (SSSR count). The maximum Gasteiger partial charge on any atom is 0.256 e. The van der Waals surface area contributed by atoms with Crippen LogP contribution in [0.4, 0.5) is 5.82 Å². The minimum absolute atomic E-state index is 0.165. The van der Waals surface area contributed by atoms with Gasteiger partial charge in [-0.25, -0.2) is 4.98 Å². The van der Waals surface area contributed by atoms with Gasteiger partial charge >= 0.3 is 0 Å². The highest BCUT2D eigenvalue weighted by molar-refractivity contribution is 6.30. The average molecular weight is 289 g/mol. The highest BCUT2D eigenvalue weighted by Crippen LogP contribution is 2.12. The molecule has 1 N–H and O–H groups in total. The number of aryl methyl sites for hydroxylation is 1. The number of rotatable bonds is 5. The van der Waals surface area contributed by atoms with Crippen molar-refractivity contribution in [3.63, 3.8) is 0 Å². The summed E-state index contributed by atoms with van der Waals surface area (Å²) in [6.07, 6.45) is 4.90. The van der Waals surface area contributed by atoms with E-state index in [0.717, 1.165) is 6.42 Å². The molecular weight excluding hydrogens is 272 g/mol. The molecule has 4 heteroatoms. The molecule has 0 radical (unpaired) electrons. The van der Waals surface area contributed by atoms with Gasteiger partial charge in [-0.15, -0.1) is 0 Å². The van der Waals surface area contributed by atoms with Gasteiger partial charge < -0.3 is 5.32 Å². The van der Waals surface area contributed by atoms with Gasteiger partial charge in [0.1, 0.15) is 5.82 Å². The van der Waals surface area contributed by atoms with Crippen LogP contribution in [0.25, 0.3) is 0 Å². The van der Waals surface area contributed by atoms with Crippen LogP contribution >= 0.6 is 11.6 Å². The maximum absolute atomic E-state index is 12.0. The first-order valence-corrected chi connectivity index (χ1v) is 7.08. The fraction of sp³-hybridized carbons (Fsp3) is 0.250. The summed E-state index contributed by atoms with van der Waals surface area (Å²) in [7, 11) is 0. The van der Waals surface area contributed by atoms with E-state index in [0.29, 0.717) is 16.4 Å². The number of halogens is 1. The van der Waals surface area contributed by atoms with Crippen LogP contribution in [0.5, 0.6) is 0 Å². The molecule has 0 saturated carbocycles. The van der Waals surface area contributed by atoms with Gasteiger partial charge in [-0.3, -0.25) is 4.79 Å². The Morgan fingerprint density at radius 1 is 1.20 bits per heavy atom. The van der Waals surface area contributed by atoms with Gasteiger partial charge in [0.2, 0.25) is 0 Å². The van der Waals surface area contributed by atoms with E-state index in [4.69, 9.17) is 11.6 Å². The SMILES string of the molecule is CCCCc1ccc(C(=O)Nc2ccc(Cl)cn2)cc1. The summed E-state index contributed by atoms with van der Waals surface area (Å²) >= 11 is 5.75. The number of nitrogens with zero attached hydrogens (tertiary/aromatic N) is 1. The zero-order valence-corrected chi connectivity index (χ0v) is 12.2. The van der Waals surface area contributed by atoms with Gasteiger partial charge in [-0.1, -0.05) is 37.1 Å². The van der Waals surface area contributed by atoms with Gasteiger partial charge in [0.25, 0.3) is 5.91 Å². The normalized spacial score (nSPS) is 10.3. The van der Waals surface area contributed by atoms with E-state index < -0.39 is 0 Å². The standard InChI is InChI=1S/C16H17ClN2O/c1-2-3-4-12-5-7-13(8-6-12)16(20)19-15-10-9-14(17)11-18-15/h5-11H,2-4H2,1H3,(H,18,19,20). The quantitative estimate of drug-likeness (QED) is 0.890. The molecule has 0 bridgehead atoms. The second kappa shape index (κ2) is 7.06. The van der Waals surface area contributed by atoms with Crippen molar-refractivity contribution in [2.75, 3.05) is 5.32 Å². The van der Waals surface area contributed by atoms with E-state index in [2.05, 4.69) is 17.2 Å². The zero-order chi connectivity index (χ0) is 14.4. The molecule has 0 spiro atoms. The van der Waals surface area contributed by atoms with Crippen molar-refractivity contribution in [2.45, 2.75) is 26.2 Å². The van der Waals surface area contributed by atoms with Crippen LogP contribution in [0.15, 0.2) is 42.6 Å². The highest BCUT2D eigenvalue weighted by atomic mass is 35.5. The highest BCUT2D eigenvalue weighted by Gasteiger charge is 2.06. The monoisotopic (exact) mass is 288 g/mol. The summed E-state index contributed by atoms with van der Waals surface area (Å²) in [6.45, 7) is 2.17. The molecule has 1 amide bonds. The molecular formula is C16H17ClN2O. The van der Waals surface area contributed by atoms with Crippen LogP contribution in [0.3, 0.4) is 0 Å². The van der Waals surface area contributed by atoms with Crippen molar-refractivity contribution in [2.24, 2.45) is 0 Å². The zero-order valence-electron chi connectivity index (χ0n) is 11.4. The van der Waals surface area contributed by atoms with Crippen LogP contribution in [-0.2, 0) is 6.42 Å². The summed E-state index contributed by atoms with van der Waals surface area (Å²) in [6, 6.07) is 11.1. The molecule has 0 atom stereocenters. The lowest BCUT2D eigenvalue weighted by atomic mass is 10.1. The number of unbranched alkanes of at least 4 members (excludes halogenated alkanes) is 1. The first-order valence-electron chi connectivity index (χ1n) is 6.71. The van der Waals surface area contributed by atoms with Gasteiger partial charge in [-0.2, -0.15) is 0 Å². The Labute approximate surface area is 124 Å². The summed E-state index contributed by atoms with van der Waals surface area (Å²) in [5.74, 6) is 0.330. The number of aromatic nitrogens is 1. The molecule has 2 aromatic rings. The predicted octanol–water partition coefficient (Wildman–Crippen LogP) is 4.33. The Bertz CT molecular complexity index is 564. The van der Waals surface area contributed by atoms with E-state index in [1.54, 1.807) is 12.1 Å². The summed E-state index contributed by atoms with van der Waals surface area (Å²) < 4.78 is 0. The molecule has 0 saturated heterocycles. The number of nitrogens with one attached hydrogen (secondary N) is 1. The molecule has 0 aliphatic heterocycles. The molecule has 3 nitrogen and oxygen atoms in total. The van der Waals surface area contributed by atoms with Gasteiger partial charge in [-0.05, 0) is 42.7 Å². The van der Waals surface area contributed by atoms with Crippen molar-refractivity contribution in [3.8, 4) is 0 Å². The lowest BCUT2D eigenvalue weighted by Gasteiger charge is -2.05. The third kappa shape index (κ3) is 4.07. The number of hydrogen-bond donors (Lipinski definition) is 1. The Morgan fingerprint density at radius 3 is 2.55 bits per heavy atom. The predicted molar refractivity (Wildman–Crippen MR) is 82.3 cm³/mol. The topological polar surface area (TPSA) is 42.0 Å².